The Morgan fingerprint density at radius 1 is 1.69 bits per heavy atom. The molecule has 5 heteroatoms. The van der Waals surface area contributed by atoms with Crippen molar-refractivity contribution in [2.75, 3.05) is 6.54 Å². The molecule has 0 saturated heterocycles. The van der Waals surface area contributed by atoms with Gasteiger partial charge in [-0.2, -0.15) is 0 Å². The summed E-state index contributed by atoms with van der Waals surface area (Å²) in [4.78, 5) is 18.6. The van der Waals surface area contributed by atoms with Crippen LogP contribution in [-0.4, -0.2) is 28.5 Å². The van der Waals surface area contributed by atoms with Crippen molar-refractivity contribution in [1.29, 1.82) is 0 Å². The molecule has 1 aromatic rings. The minimum absolute atomic E-state index is 0.0544. The highest BCUT2D eigenvalue weighted by Gasteiger charge is 2.10. The van der Waals surface area contributed by atoms with E-state index in [0.717, 1.165) is 31.5 Å². The van der Waals surface area contributed by atoms with Gasteiger partial charge in [-0.15, -0.1) is 0 Å². The maximum atomic E-state index is 11.4. The lowest BCUT2D eigenvalue weighted by molar-refractivity contribution is -0.122. The van der Waals surface area contributed by atoms with Gasteiger partial charge in [-0.3, -0.25) is 4.79 Å². The fourth-order valence-electron chi connectivity index (χ4n) is 1.48. The van der Waals surface area contributed by atoms with E-state index in [-0.39, 0.29) is 11.9 Å². The molecule has 5 nitrogen and oxygen atoms in total. The van der Waals surface area contributed by atoms with Crippen molar-refractivity contribution in [3.63, 3.8) is 0 Å². The number of amides is 1. The van der Waals surface area contributed by atoms with E-state index in [1.54, 1.807) is 12.4 Å². The van der Waals surface area contributed by atoms with E-state index in [2.05, 4.69) is 15.3 Å². The number of imidazole rings is 1. The molecule has 1 rings (SSSR count). The number of aryl methyl sites for hydroxylation is 1. The second kappa shape index (κ2) is 7.00. The van der Waals surface area contributed by atoms with Crippen LogP contribution in [0.25, 0.3) is 0 Å². The van der Waals surface area contributed by atoms with Crippen LogP contribution in [0.15, 0.2) is 12.4 Å². The smallest absolute Gasteiger partial charge is 0.236 e. The number of nitrogens with zero attached hydrogens (tertiary/aromatic N) is 1. The molecule has 4 N–H and O–H groups in total. The average molecular weight is 224 g/mol. The van der Waals surface area contributed by atoms with Gasteiger partial charge in [-0.25, -0.2) is 4.98 Å². The third-order valence-corrected chi connectivity index (χ3v) is 2.38. The zero-order valence-electron chi connectivity index (χ0n) is 9.70. The number of carbonyl (C=O) groups is 1. The Morgan fingerprint density at radius 3 is 3.12 bits per heavy atom. The molecule has 0 spiro atoms. The summed E-state index contributed by atoms with van der Waals surface area (Å²) in [6.07, 6.45) is 6.91. The molecule has 0 aliphatic rings. The van der Waals surface area contributed by atoms with E-state index < -0.39 is 0 Å². The summed E-state index contributed by atoms with van der Waals surface area (Å²) in [6, 6.07) is -0.367. The second-order valence-electron chi connectivity index (χ2n) is 3.83. The Morgan fingerprint density at radius 2 is 2.50 bits per heavy atom. The number of rotatable bonds is 7. The van der Waals surface area contributed by atoms with Crippen molar-refractivity contribution in [3.05, 3.63) is 18.2 Å². The normalized spacial score (nSPS) is 12.4. The van der Waals surface area contributed by atoms with Crippen molar-refractivity contribution in [3.8, 4) is 0 Å². The number of carbonyl (C=O) groups excluding carboxylic acids is 1. The number of hydrogen-bond acceptors (Lipinski definition) is 3. The Labute approximate surface area is 95.8 Å². The standard InChI is InChI=1S/C11H20N4O/c1-2-4-9(12)11(16)15-6-3-5-10-13-7-8-14-10/h7-9H,2-6,12H2,1H3,(H,13,14)(H,15,16)/t9-/m1/s1. The van der Waals surface area contributed by atoms with Crippen LogP contribution in [0.2, 0.25) is 0 Å². The first kappa shape index (κ1) is 12.7. The average Bonchev–Trinajstić information content (AvgIpc) is 2.77. The van der Waals surface area contributed by atoms with Crippen molar-refractivity contribution >= 4 is 5.91 Å². The Hall–Kier alpha value is -1.36. The molecule has 0 saturated carbocycles. The van der Waals surface area contributed by atoms with E-state index in [1.807, 2.05) is 6.92 Å². The van der Waals surface area contributed by atoms with Crippen LogP contribution in [-0.2, 0) is 11.2 Å². The van der Waals surface area contributed by atoms with Crippen molar-refractivity contribution in [2.45, 2.75) is 38.6 Å². The molecule has 0 aliphatic carbocycles. The number of aromatic nitrogens is 2. The highest BCUT2D eigenvalue weighted by Crippen LogP contribution is 1.95. The first-order chi connectivity index (χ1) is 7.74. The molecule has 0 radical (unpaired) electrons. The summed E-state index contributed by atoms with van der Waals surface area (Å²) >= 11 is 0. The molecule has 1 atom stereocenters. The summed E-state index contributed by atoms with van der Waals surface area (Å²) < 4.78 is 0. The largest absolute Gasteiger partial charge is 0.355 e. The molecule has 16 heavy (non-hydrogen) atoms. The van der Waals surface area contributed by atoms with Crippen LogP contribution in [0.5, 0.6) is 0 Å². The molecular weight excluding hydrogens is 204 g/mol. The van der Waals surface area contributed by atoms with Gasteiger partial charge >= 0.3 is 0 Å². The van der Waals surface area contributed by atoms with E-state index >= 15 is 0 Å². The van der Waals surface area contributed by atoms with Crippen LogP contribution in [0.3, 0.4) is 0 Å². The van der Waals surface area contributed by atoms with Crippen LogP contribution in [0.1, 0.15) is 32.0 Å². The molecule has 0 unspecified atom stereocenters. The minimum atomic E-state index is -0.367. The molecule has 1 amide bonds. The monoisotopic (exact) mass is 224 g/mol. The molecule has 1 aromatic heterocycles. The van der Waals surface area contributed by atoms with Crippen LogP contribution < -0.4 is 11.1 Å². The molecular formula is C11H20N4O. The van der Waals surface area contributed by atoms with Crippen molar-refractivity contribution < 1.29 is 4.79 Å². The maximum absolute atomic E-state index is 11.4. The predicted octanol–water partition coefficient (Wildman–Crippen LogP) is 0.586. The zero-order valence-corrected chi connectivity index (χ0v) is 9.70. The minimum Gasteiger partial charge on any atom is -0.355 e. The van der Waals surface area contributed by atoms with E-state index in [0.29, 0.717) is 6.54 Å². The molecule has 0 fully saturated rings. The number of hydrogen-bond donors (Lipinski definition) is 3. The quantitative estimate of drug-likeness (QED) is 0.592. The number of nitrogens with one attached hydrogen (secondary N) is 2. The second-order valence-corrected chi connectivity index (χ2v) is 3.83. The van der Waals surface area contributed by atoms with E-state index in [1.165, 1.54) is 0 Å². The van der Waals surface area contributed by atoms with E-state index in [9.17, 15) is 4.79 Å². The van der Waals surface area contributed by atoms with Crippen molar-refractivity contribution in [2.24, 2.45) is 5.73 Å². The summed E-state index contributed by atoms with van der Waals surface area (Å²) in [5.74, 6) is 0.897. The van der Waals surface area contributed by atoms with Gasteiger partial charge in [0.25, 0.3) is 0 Å². The first-order valence-corrected chi connectivity index (χ1v) is 5.75. The molecule has 90 valence electrons. The Bertz CT molecular complexity index is 297. The predicted molar refractivity (Wildman–Crippen MR) is 62.8 cm³/mol. The molecule has 1 heterocycles. The Balaban J connectivity index is 2.08. The number of aromatic amines is 1. The fraction of sp³-hybridized carbons (Fsp3) is 0.636. The van der Waals surface area contributed by atoms with Gasteiger partial charge in [0, 0.05) is 25.4 Å². The number of nitrogens with two attached hydrogens (primary N) is 1. The lowest BCUT2D eigenvalue weighted by Crippen LogP contribution is -2.40. The fourth-order valence-corrected chi connectivity index (χ4v) is 1.48. The molecule has 0 aliphatic heterocycles. The SMILES string of the molecule is CCC[C@@H](N)C(=O)NCCCc1ncc[nH]1. The van der Waals surface area contributed by atoms with Gasteiger partial charge in [-0.05, 0) is 12.8 Å². The number of H-pyrrole nitrogens is 1. The van der Waals surface area contributed by atoms with Gasteiger partial charge in [0.05, 0.1) is 6.04 Å². The summed E-state index contributed by atoms with van der Waals surface area (Å²) in [5, 5.41) is 2.82. The van der Waals surface area contributed by atoms with Gasteiger partial charge in [0.2, 0.25) is 5.91 Å². The molecule has 0 bridgehead atoms. The topological polar surface area (TPSA) is 83.8 Å². The lowest BCUT2D eigenvalue weighted by atomic mass is 10.1. The summed E-state index contributed by atoms with van der Waals surface area (Å²) in [7, 11) is 0. The van der Waals surface area contributed by atoms with Crippen LogP contribution in [0.4, 0.5) is 0 Å². The highest BCUT2D eigenvalue weighted by molar-refractivity contribution is 5.81. The summed E-state index contributed by atoms with van der Waals surface area (Å²) in [5.41, 5.74) is 5.67. The third kappa shape index (κ3) is 4.44. The van der Waals surface area contributed by atoms with Crippen LogP contribution in [0, 0.1) is 0 Å². The first-order valence-electron chi connectivity index (χ1n) is 5.75. The Kier molecular flexibility index (Phi) is 5.56. The maximum Gasteiger partial charge on any atom is 0.236 e. The third-order valence-electron chi connectivity index (χ3n) is 2.38. The molecule has 0 aromatic carbocycles. The van der Waals surface area contributed by atoms with Gasteiger partial charge in [0.15, 0.2) is 0 Å². The van der Waals surface area contributed by atoms with Crippen molar-refractivity contribution in [1.82, 2.24) is 15.3 Å². The van der Waals surface area contributed by atoms with Gasteiger partial charge in [0.1, 0.15) is 5.82 Å². The highest BCUT2D eigenvalue weighted by atomic mass is 16.2. The van der Waals surface area contributed by atoms with Crippen LogP contribution >= 0.6 is 0 Å². The van der Waals surface area contributed by atoms with Gasteiger partial charge in [-0.1, -0.05) is 13.3 Å². The van der Waals surface area contributed by atoms with Gasteiger partial charge < -0.3 is 16.0 Å². The van der Waals surface area contributed by atoms with E-state index in [4.69, 9.17) is 5.73 Å². The zero-order chi connectivity index (χ0) is 11.8. The lowest BCUT2D eigenvalue weighted by Gasteiger charge is -2.10. The summed E-state index contributed by atoms with van der Waals surface area (Å²) in [6.45, 7) is 2.67.